The van der Waals surface area contributed by atoms with Crippen LogP contribution in [0.25, 0.3) is 0 Å². The Balaban J connectivity index is 1.89. The van der Waals surface area contributed by atoms with Crippen molar-refractivity contribution in [2.45, 2.75) is 6.54 Å². The summed E-state index contributed by atoms with van der Waals surface area (Å²) < 4.78 is 1.93. The summed E-state index contributed by atoms with van der Waals surface area (Å²) in [6.45, 7) is 1.40. The van der Waals surface area contributed by atoms with Gasteiger partial charge in [0, 0.05) is 25.5 Å². The van der Waals surface area contributed by atoms with E-state index in [1.54, 1.807) is 12.5 Å². The molecule has 8 heteroatoms. The highest BCUT2D eigenvalue weighted by Gasteiger charge is 2.01. The van der Waals surface area contributed by atoms with Gasteiger partial charge in [-0.2, -0.15) is 15.0 Å². The Hall–Kier alpha value is -1.40. The van der Waals surface area contributed by atoms with Crippen LogP contribution in [0.4, 0.5) is 5.95 Å². The van der Waals surface area contributed by atoms with Crippen LogP contribution in [0.3, 0.4) is 0 Å². The van der Waals surface area contributed by atoms with Gasteiger partial charge in [-0.05, 0) is 23.2 Å². The Kier molecular flexibility index (Phi) is 3.53. The molecule has 0 saturated heterocycles. The van der Waals surface area contributed by atoms with E-state index in [1.165, 1.54) is 0 Å². The van der Waals surface area contributed by atoms with Crippen molar-refractivity contribution in [2.75, 3.05) is 11.9 Å². The molecule has 0 aliphatic rings. The molecule has 2 aromatic heterocycles. The largest absolute Gasteiger partial charge is 0.352 e. The summed E-state index contributed by atoms with van der Waals surface area (Å²) in [5.41, 5.74) is 0. The minimum Gasteiger partial charge on any atom is -0.352 e. The molecule has 0 aliphatic heterocycles. The lowest BCUT2D eigenvalue weighted by atomic mass is 10.6. The number of hydrogen-bond donors (Lipinski definition) is 1. The fraction of sp³-hybridized carbons (Fsp3) is 0.250. The predicted molar refractivity (Wildman–Crippen MR) is 60.6 cm³/mol. The van der Waals surface area contributed by atoms with Gasteiger partial charge in [-0.1, -0.05) is 0 Å². The number of nitrogens with one attached hydrogen (secondary N) is 1. The molecule has 0 amide bonds. The topological polar surface area (TPSA) is 68.5 Å². The zero-order valence-corrected chi connectivity index (χ0v) is 9.65. The fourth-order valence-corrected chi connectivity index (χ4v) is 1.48. The van der Waals surface area contributed by atoms with Crippen molar-refractivity contribution in [1.29, 1.82) is 0 Å². The van der Waals surface area contributed by atoms with E-state index in [0.717, 1.165) is 6.54 Å². The van der Waals surface area contributed by atoms with Crippen molar-refractivity contribution < 1.29 is 0 Å². The molecule has 0 atom stereocenters. The van der Waals surface area contributed by atoms with E-state index >= 15 is 0 Å². The van der Waals surface area contributed by atoms with Crippen molar-refractivity contribution in [2.24, 2.45) is 0 Å². The van der Waals surface area contributed by atoms with E-state index in [4.69, 9.17) is 23.2 Å². The summed E-state index contributed by atoms with van der Waals surface area (Å²) in [7, 11) is 0. The first-order valence-electron chi connectivity index (χ1n) is 4.51. The minimum atomic E-state index is 0.0742. The molecular formula is C8H8Cl2N6. The average Bonchev–Trinajstić information content (AvgIpc) is 2.69. The Labute approximate surface area is 102 Å². The monoisotopic (exact) mass is 258 g/mol. The molecule has 0 spiro atoms. The molecule has 0 saturated carbocycles. The van der Waals surface area contributed by atoms with Gasteiger partial charge in [-0.25, -0.2) is 4.98 Å². The third-order valence-electron chi connectivity index (χ3n) is 1.79. The van der Waals surface area contributed by atoms with Gasteiger partial charge in [-0.3, -0.25) is 0 Å². The van der Waals surface area contributed by atoms with Gasteiger partial charge in [0.2, 0.25) is 16.5 Å². The molecule has 84 valence electrons. The lowest BCUT2D eigenvalue weighted by Gasteiger charge is -2.05. The zero-order chi connectivity index (χ0) is 11.4. The molecule has 0 aromatic carbocycles. The SMILES string of the molecule is Clc1nc(Cl)nc(NCCn2ccnc2)n1. The lowest BCUT2D eigenvalue weighted by molar-refractivity contribution is 0.722. The van der Waals surface area contributed by atoms with Gasteiger partial charge in [0.1, 0.15) is 0 Å². The Morgan fingerprint density at radius 2 is 1.94 bits per heavy atom. The molecule has 2 aromatic rings. The average molecular weight is 259 g/mol. The van der Waals surface area contributed by atoms with Crippen LogP contribution >= 0.6 is 23.2 Å². The van der Waals surface area contributed by atoms with Crippen molar-refractivity contribution in [3.8, 4) is 0 Å². The van der Waals surface area contributed by atoms with Crippen LogP contribution in [-0.4, -0.2) is 31.0 Å². The maximum absolute atomic E-state index is 5.63. The van der Waals surface area contributed by atoms with Gasteiger partial charge >= 0.3 is 0 Å². The molecule has 6 nitrogen and oxygen atoms in total. The Morgan fingerprint density at radius 3 is 2.56 bits per heavy atom. The summed E-state index contributed by atoms with van der Waals surface area (Å²) in [5.74, 6) is 0.366. The van der Waals surface area contributed by atoms with Gasteiger partial charge in [0.15, 0.2) is 0 Å². The van der Waals surface area contributed by atoms with Crippen LogP contribution in [0, 0.1) is 0 Å². The Morgan fingerprint density at radius 1 is 1.19 bits per heavy atom. The second-order valence-electron chi connectivity index (χ2n) is 2.92. The van der Waals surface area contributed by atoms with E-state index in [-0.39, 0.29) is 10.6 Å². The van der Waals surface area contributed by atoms with Crippen molar-refractivity contribution >= 4 is 29.2 Å². The number of imidazole rings is 1. The normalized spacial score (nSPS) is 10.4. The highest BCUT2D eigenvalue weighted by molar-refractivity contribution is 6.31. The highest BCUT2D eigenvalue weighted by atomic mass is 35.5. The van der Waals surface area contributed by atoms with E-state index in [9.17, 15) is 0 Å². The van der Waals surface area contributed by atoms with Crippen LogP contribution < -0.4 is 5.32 Å². The van der Waals surface area contributed by atoms with E-state index in [2.05, 4.69) is 25.3 Å². The number of hydrogen-bond acceptors (Lipinski definition) is 5. The maximum atomic E-state index is 5.63. The molecule has 0 unspecified atom stereocenters. The molecule has 0 bridgehead atoms. The smallest absolute Gasteiger partial charge is 0.228 e. The predicted octanol–water partition coefficient (Wildman–Crippen LogP) is 1.49. The molecule has 2 rings (SSSR count). The zero-order valence-electron chi connectivity index (χ0n) is 8.14. The summed E-state index contributed by atoms with van der Waals surface area (Å²) in [6, 6.07) is 0. The van der Waals surface area contributed by atoms with Crippen LogP contribution in [0.15, 0.2) is 18.7 Å². The van der Waals surface area contributed by atoms with E-state index in [1.807, 2.05) is 10.8 Å². The van der Waals surface area contributed by atoms with E-state index < -0.39 is 0 Å². The van der Waals surface area contributed by atoms with E-state index in [0.29, 0.717) is 12.5 Å². The van der Waals surface area contributed by atoms with Gasteiger partial charge < -0.3 is 9.88 Å². The standard InChI is InChI=1S/C8H8Cl2N6/c9-6-13-7(10)15-8(14-6)12-2-4-16-3-1-11-5-16/h1,3,5H,2,4H2,(H,12,13,14,15). The number of halogens is 2. The molecular weight excluding hydrogens is 251 g/mol. The second-order valence-corrected chi connectivity index (χ2v) is 3.60. The van der Waals surface area contributed by atoms with Crippen molar-refractivity contribution in [3.05, 3.63) is 29.3 Å². The molecule has 0 fully saturated rings. The van der Waals surface area contributed by atoms with Crippen LogP contribution in [-0.2, 0) is 6.54 Å². The van der Waals surface area contributed by atoms with Crippen molar-refractivity contribution in [1.82, 2.24) is 24.5 Å². The Bertz CT molecular complexity index is 437. The highest BCUT2D eigenvalue weighted by Crippen LogP contribution is 2.09. The number of rotatable bonds is 4. The number of anilines is 1. The van der Waals surface area contributed by atoms with Crippen LogP contribution in [0.5, 0.6) is 0 Å². The van der Waals surface area contributed by atoms with Gasteiger partial charge in [0.25, 0.3) is 0 Å². The first-order valence-corrected chi connectivity index (χ1v) is 5.26. The first kappa shape index (κ1) is 11.1. The number of nitrogens with zero attached hydrogens (tertiary/aromatic N) is 5. The van der Waals surface area contributed by atoms with Gasteiger partial charge in [0.05, 0.1) is 6.33 Å². The molecule has 16 heavy (non-hydrogen) atoms. The van der Waals surface area contributed by atoms with Crippen LogP contribution in [0.1, 0.15) is 0 Å². The molecule has 2 heterocycles. The van der Waals surface area contributed by atoms with Gasteiger partial charge in [-0.15, -0.1) is 0 Å². The summed E-state index contributed by atoms with van der Waals surface area (Å²) in [4.78, 5) is 15.3. The van der Waals surface area contributed by atoms with Crippen LogP contribution in [0.2, 0.25) is 10.6 Å². The maximum Gasteiger partial charge on any atom is 0.228 e. The third-order valence-corrected chi connectivity index (χ3v) is 2.13. The number of aromatic nitrogens is 5. The molecule has 0 aliphatic carbocycles. The third kappa shape index (κ3) is 3.04. The minimum absolute atomic E-state index is 0.0742. The lowest BCUT2D eigenvalue weighted by Crippen LogP contribution is -2.11. The van der Waals surface area contributed by atoms with Crippen molar-refractivity contribution in [3.63, 3.8) is 0 Å². The fourth-order valence-electron chi connectivity index (χ4n) is 1.12. The summed E-state index contributed by atoms with van der Waals surface area (Å²) in [6.07, 6.45) is 5.32. The quantitative estimate of drug-likeness (QED) is 0.900. The first-order chi connectivity index (χ1) is 7.74. The second kappa shape index (κ2) is 5.09. The summed E-state index contributed by atoms with van der Waals surface area (Å²) >= 11 is 11.3. The summed E-state index contributed by atoms with van der Waals surface area (Å²) in [5, 5.41) is 3.13. The molecule has 0 radical (unpaired) electrons. The molecule has 1 N–H and O–H groups in total.